The summed E-state index contributed by atoms with van der Waals surface area (Å²) in [6.45, 7) is 33.5. The number of rotatable bonds is 17. The van der Waals surface area contributed by atoms with Crippen LogP contribution in [0.4, 0.5) is 34.5 Å². The average Bonchev–Trinajstić information content (AvgIpc) is 0.759. The van der Waals surface area contributed by atoms with E-state index in [0.717, 1.165) is 33.7 Å². The number of nitrogens with zero attached hydrogens (tertiary/aromatic N) is 12. The molecule has 0 unspecified atom stereocenters. The zero-order valence-corrected chi connectivity index (χ0v) is 64.5. The van der Waals surface area contributed by atoms with Gasteiger partial charge in [0.1, 0.15) is 34.9 Å². The van der Waals surface area contributed by atoms with Gasteiger partial charge in [0, 0.05) is 77.5 Å². The van der Waals surface area contributed by atoms with Crippen LogP contribution in [0.25, 0.3) is 97.3 Å². The van der Waals surface area contributed by atoms with Crippen molar-refractivity contribution >= 4 is 86.5 Å². The molecule has 0 fully saturated rings. The highest BCUT2D eigenvalue weighted by Gasteiger charge is 2.26. The molecule has 564 valence electrons. The fourth-order valence-electron chi connectivity index (χ4n) is 13.5. The Labute approximate surface area is 655 Å². The SMILES string of the molecule is [C-]#[N+]c1cnc(C)nc1N[C@@H](C)c1cc2cccc(-c3ccc(=O)[nH]c3)c2c(=O)n1-c1ccccc1.[C-]#[N+]c1cnc(C)nc1N[C@@H](C)c1cc2cccc(-c3ccc(S(C)(=O)=O)cc3)c2c(=O)n1-c1ccccc1.[C-]#[N+]c1cnc(C)nc1N[C@@H](C)c1cc2cccc(-c3cccc(S(C)(=O)=O)c3)c2c(=O)n1-c1ccccc1. The summed E-state index contributed by atoms with van der Waals surface area (Å²) < 4.78 is 53.4. The van der Waals surface area contributed by atoms with Gasteiger partial charge in [0.05, 0.1) is 63.8 Å². The number of aryl methyl sites for hydroxylation is 3. The zero-order valence-electron chi connectivity index (χ0n) is 62.9. The molecule has 0 radical (unpaired) electrons. The molecule has 0 saturated carbocycles. The van der Waals surface area contributed by atoms with Gasteiger partial charge in [-0.1, -0.05) is 133 Å². The van der Waals surface area contributed by atoms with E-state index in [-0.39, 0.29) is 43.8 Å². The molecule has 3 atom stereocenters. The van der Waals surface area contributed by atoms with Crippen molar-refractivity contribution in [1.29, 1.82) is 0 Å². The number of anilines is 3. The maximum absolute atomic E-state index is 14.3. The van der Waals surface area contributed by atoms with E-state index in [4.69, 9.17) is 19.7 Å². The second-order valence-electron chi connectivity index (χ2n) is 26.9. The van der Waals surface area contributed by atoms with Crippen LogP contribution >= 0.6 is 0 Å². The van der Waals surface area contributed by atoms with E-state index in [1.807, 2.05) is 185 Å². The first kappa shape index (κ1) is 77.5. The number of pyridine rings is 4. The molecule has 7 heterocycles. The van der Waals surface area contributed by atoms with Gasteiger partial charge in [-0.15, -0.1) is 0 Å². The fraction of sp³-hybridized carbons (Fsp3) is 0.125. The first-order valence-electron chi connectivity index (χ1n) is 35.8. The Morgan fingerprint density at radius 1 is 0.377 bits per heavy atom. The lowest BCUT2D eigenvalue weighted by atomic mass is 9.98. The number of hydrogen-bond donors (Lipinski definition) is 4. The van der Waals surface area contributed by atoms with Crippen LogP contribution in [0.15, 0.2) is 278 Å². The summed E-state index contributed by atoms with van der Waals surface area (Å²) in [6, 6.07) is 66.0. The predicted molar refractivity (Wildman–Crippen MR) is 447 cm³/mol. The number of aromatic amines is 1. The number of benzene rings is 8. The van der Waals surface area contributed by atoms with Gasteiger partial charge in [0.25, 0.3) is 16.7 Å². The molecule has 15 aromatic rings. The molecule has 0 aliphatic carbocycles. The monoisotopic (exact) mass is 1540 g/mol. The van der Waals surface area contributed by atoms with E-state index in [0.29, 0.717) is 119 Å². The highest BCUT2D eigenvalue weighted by molar-refractivity contribution is 7.91. The molecule has 4 N–H and O–H groups in total. The number of hydrogen-bond acceptors (Lipinski definition) is 17. The summed E-state index contributed by atoms with van der Waals surface area (Å²) in [5.74, 6) is 2.81. The van der Waals surface area contributed by atoms with Crippen molar-refractivity contribution in [3.05, 3.63) is 359 Å². The molecule has 8 aromatic carbocycles. The van der Waals surface area contributed by atoms with Gasteiger partial charge >= 0.3 is 0 Å². The minimum Gasteiger partial charge on any atom is -0.371 e. The molecule has 0 spiro atoms. The average molecular weight is 1550 g/mol. The van der Waals surface area contributed by atoms with E-state index in [1.54, 1.807) is 95.3 Å². The van der Waals surface area contributed by atoms with Crippen LogP contribution < -0.4 is 38.2 Å². The van der Waals surface area contributed by atoms with Crippen LogP contribution in [-0.2, 0) is 19.7 Å². The molecule has 0 aliphatic rings. The van der Waals surface area contributed by atoms with Crippen LogP contribution in [0.3, 0.4) is 0 Å². The molecular formula is C88H72N16O8S2. The van der Waals surface area contributed by atoms with Crippen molar-refractivity contribution in [1.82, 2.24) is 48.6 Å². The number of aromatic nitrogens is 10. The Morgan fingerprint density at radius 3 is 1.04 bits per heavy atom. The third kappa shape index (κ3) is 16.5. The molecule has 7 aromatic heterocycles. The first-order chi connectivity index (χ1) is 54.8. The molecule has 15 rings (SSSR count). The standard InChI is InChI=1S/2C30H25N5O3S.C28H22N6O2/c1-19(33-29-26(31-3)18-32-20(2)34-29)27-17-22-11-9-15-25(21-10-8-14-24(16-21)39(4,37)38)28(22)30(36)35(27)23-12-6-5-7-13-23;1-19(33-29-26(31-3)18-32-20(2)34-29)27-17-22-9-8-12-25(21-13-15-24(16-14-21)39(4,37)38)28(22)30(36)35(27)23-10-6-5-7-11-23;1-17(32-27-23(29-3)16-30-18(2)33-27)24-14-19-8-7-11-22(20-12-13-25(35)31-15-20)26(19)28(36)34(24)21-9-5-4-6-10-21/h2*5-19H,1-2,4H3,(H,32,33,34);4-17H,1-2H3,(H,31,35)(H,30,32,33)/t2*19-;17-/m000/s1. The van der Waals surface area contributed by atoms with E-state index < -0.39 is 31.8 Å². The Morgan fingerprint density at radius 2 is 0.711 bits per heavy atom. The predicted octanol–water partition coefficient (Wildman–Crippen LogP) is 16.9. The van der Waals surface area contributed by atoms with Crippen LogP contribution in [0, 0.1) is 40.5 Å². The minimum absolute atomic E-state index is 0.186. The second-order valence-corrected chi connectivity index (χ2v) is 30.9. The summed E-state index contributed by atoms with van der Waals surface area (Å²) in [5.41, 5.74) is 8.39. The smallest absolute Gasteiger partial charge is 0.263 e. The molecule has 0 aliphatic heterocycles. The lowest BCUT2D eigenvalue weighted by molar-refractivity contribution is 0.600. The summed E-state index contributed by atoms with van der Waals surface area (Å²) >= 11 is 0. The lowest BCUT2D eigenvalue weighted by Crippen LogP contribution is -2.26. The van der Waals surface area contributed by atoms with Gasteiger partial charge in [-0.2, -0.15) is 0 Å². The Hall–Kier alpha value is -14.7. The van der Waals surface area contributed by atoms with Crippen LogP contribution in [-0.4, -0.2) is 77.9 Å². The molecule has 114 heavy (non-hydrogen) atoms. The van der Waals surface area contributed by atoms with Crippen molar-refractivity contribution < 1.29 is 16.8 Å². The summed E-state index contributed by atoms with van der Waals surface area (Å²) in [7, 11) is -6.77. The van der Waals surface area contributed by atoms with Crippen LogP contribution in [0.2, 0.25) is 0 Å². The van der Waals surface area contributed by atoms with Gasteiger partial charge < -0.3 is 20.9 Å². The fourth-order valence-corrected chi connectivity index (χ4v) is 14.8. The van der Waals surface area contributed by atoms with E-state index in [9.17, 15) is 36.0 Å². The summed E-state index contributed by atoms with van der Waals surface area (Å²) in [5, 5.41) is 13.7. The highest BCUT2D eigenvalue weighted by Crippen LogP contribution is 2.37. The maximum atomic E-state index is 14.3. The topological polar surface area (TPSA) is 294 Å². The van der Waals surface area contributed by atoms with E-state index >= 15 is 0 Å². The Kier molecular flexibility index (Phi) is 22.4. The largest absolute Gasteiger partial charge is 0.371 e. The third-order valence-electron chi connectivity index (χ3n) is 19.0. The first-order valence-corrected chi connectivity index (χ1v) is 39.5. The quantitative estimate of drug-likeness (QED) is 0.0616. The van der Waals surface area contributed by atoms with Crippen molar-refractivity contribution in [3.8, 4) is 50.4 Å². The van der Waals surface area contributed by atoms with Crippen LogP contribution in [0.1, 0.15) is 73.5 Å². The zero-order chi connectivity index (χ0) is 80.7. The summed E-state index contributed by atoms with van der Waals surface area (Å²) in [6.07, 6.45) is 8.40. The van der Waals surface area contributed by atoms with Gasteiger partial charge in [0.15, 0.2) is 19.7 Å². The summed E-state index contributed by atoms with van der Waals surface area (Å²) in [4.78, 5) is 93.5. The molecular weight excluding hydrogens is 1470 g/mol. The number of sulfone groups is 2. The van der Waals surface area contributed by atoms with Crippen molar-refractivity contribution in [3.63, 3.8) is 0 Å². The van der Waals surface area contributed by atoms with Gasteiger partial charge in [-0.25, -0.2) is 46.3 Å². The Balaban J connectivity index is 0.000000149. The van der Waals surface area contributed by atoms with Gasteiger partial charge in [0.2, 0.25) is 22.6 Å². The molecule has 24 nitrogen and oxygen atoms in total. The van der Waals surface area contributed by atoms with Crippen LogP contribution in [0.5, 0.6) is 0 Å². The molecule has 0 saturated heterocycles. The lowest BCUT2D eigenvalue weighted by Gasteiger charge is -2.22. The van der Waals surface area contributed by atoms with Crippen molar-refractivity contribution in [2.75, 3.05) is 28.5 Å². The van der Waals surface area contributed by atoms with Gasteiger partial charge in [-0.3, -0.25) is 47.8 Å². The normalized spacial score (nSPS) is 12.0. The minimum atomic E-state index is -3.43. The van der Waals surface area contributed by atoms with E-state index in [1.165, 1.54) is 30.9 Å². The third-order valence-corrected chi connectivity index (χ3v) is 21.2. The maximum Gasteiger partial charge on any atom is 0.263 e. The number of para-hydroxylation sites is 3. The highest BCUT2D eigenvalue weighted by atomic mass is 32.2. The van der Waals surface area contributed by atoms with E-state index in [2.05, 4.69) is 65.4 Å². The molecule has 0 amide bonds. The molecule has 0 bridgehead atoms. The van der Waals surface area contributed by atoms with Gasteiger partial charge in [-0.05, 0) is 176 Å². The molecule has 26 heteroatoms. The van der Waals surface area contributed by atoms with Crippen molar-refractivity contribution in [2.45, 2.75) is 69.5 Å². The number of nitrogens with one attached hydrogen (secondary N) is 4. The second kappa shape index (κ2) is 32.9. The number of fused-ring (bicyclic) bond motifs is 3. The number of H-pyrrole nitrogens is 1. The van der Waals surface area contributed by atoms with Crippen molar-refractivity contribution in [2.24, 2.45) is 0 Å². The Bertz CT molecular complexity index is 6880.